The molecule has 0 aliphatic carbocycles. The Morgan fingerprint density at radius 1 is 0.628 bits per heavy atom. The second-order valence-corrected chi connectivity index (χ2v) is 21.9. The van der Waals surface area contributed by atoms with E-state index in [9.17, 15) is 27.6 Å². The van der Waals surface area contributed by atoms with Gasteiger partial charge in [-0.15, -0.1) is 17.0 Å². The minimum absolute atomic E-state index is 0. The molecular formula is C64H49Br3F3N7O6RuS2. The monoisotopic (exact) mass is 1470 g/mol. The van der Waals surface area contributed by atoms with Gasteiger partial charge in [-0.05, 0) is 163 Å². The SMILES string of the molecule is CCCCCCc1ccc(/C=C/c2ccnc(/C([NH-])=C/C(=N)C(F)(F)F)c2)s1.O=CO/C(=C/c1ccnc(-c2cc(/C=C(/OC=O)c3cccc(Br)c3)cc(-c3cc(/C=C(/OC=O)c4cccc(Br)c4)ccn3)n2)c1)c1cccc(Br)c1.[N-]=C=S.[Ru+2]. The maximum atomic E-state index is 12.4. The topological polar surface area (TPSA) is 200 Å². The molecule has 0 saturated carbocycles. The first-order valence-electron chi connectivity index (χ1n) is 25.5. The number of unbranched alkanes of at least 4 members (excludes halogenated alkanes) is 3. The van der Waals surface area contributed by atoms with Crippen molar-refractivity contribution in [1.82, 2.24) is 19.9 Å². The van der Waals surface area contributed by atoms with Crippen molar-refractivity contribution in [3.05, 3.63) is 237 Å². The molecular weight excluding hydrogens is 1420 g/mol. The van der Waals surface area contributed by atoms with Crippen LogP contribution in [0.5, 0.6) is 0 Å². The van der Waals surface area contributed by atoms with E-state index in [1.165, 1.54) is 48.0 Å². The molecule has 0 amide bonds. The molecule has 22 heteroatoms. The van der Waals surface area contributed by atoms with Gasteiger partial charge in [0, 0.05) is 64.1 Å². The van der Waals surface area contributed by atoms with Crippen LogP contribution in [0.15, 0.2) is 172 Å². The normalized spacial score (nSPS) is 11.6. The predicted octanol–water partition coefficient (Wildman–Crippen LogP) is 18.6. The molecule has 0 unspecified atom stereocenters. The van der Waals surface area contributed by atoms with E-state index in [0.717, 1.165) is 30.3 Å². The number of benzene rings is 3. The van der Waals surface area contributed by atoms with E-state index in [-0.39, 0.29) is 25.2 Å². The van der Waals surface area contributed by atoms with Crippen LogP contribution in [-0.4, -0.2) is 56.4 Å². The van der Waals surface area contributed by atoms with Crippen LogP contribution in [0.2, 0.25) is 0 Å². The van der Waals surface area contributed by atoms with Gasteiger partial charge in [-0.1, -0.05) is 129 Å². The smallest absolute Gasteiger partial charge is 0.753 e. The number of aromatic nitrogens is 4. The Hall–Kier alpha value is -7.81. The number of ether oxygens (including phenoxy) is 3. The number of hydrogen-bond donors (Lipinski definition) is 1. The third kappa shape index (κ3) is 22.2. The fraction of sp³-hybridized carbons (Fsp3) is 0.109. The van der Waals surface area contributed by atoms with Crippen LogP contribution in [0.4, 0.5) is 13.2 Å². The van der Waals surface area contributed by atoms with Gasteiger partial charge in [-0.2, -0.15) is 18.3 Å². The molecule has 0 spiro atoms. The average Bonchev–Trinajstić information content (AvgIpc) is 3.49. The minimum atomic E-state index is -4.77. The Labute approximate surface area is 542 Å². The van der Waals surface area contributed by atoms with E-state index in [2.05, 4.69) is 94.0 Å². The fourth-order valence-electron chi connectivity index (χ4n) is 7.86. The van der Waals surface area contributed by atoms with E-state index in [1.54, 1.807) is 60.2 Å². The number of allylic oxidation sites excluding steroid dienone is 1. The van der Waals surface area contributed by atoms with Gasteiger partial charge in [0.25, 0.3) is 19.4 Å². The van der Waals surface area contributed by atoms with Crippen molar-refractivity contribution in [3.63, 3.8) is 0 Å². The van der Waals surface area contributed by atoms with Gasteiger partial charge in [0.15, 0.2) is 0 Å². The third-order valence-corrected chi connectivity index (χ3v) is 14.3. The molecule has 0 bridgehead atoms. The molecule has 0 saturated heterocycles. The van der Waals surface area contributed by atoms with Gasteiger partial charge in [0.05, 0.1) is 22.8 Å². The number of thiophene rings is 1. The second kappa shape index (κ2) is 35.6. The zero-order valence-electron chi connectivity index (χ0n) is 45.3. The number of carbonyl (C=O) groups excluding carboxylic acids is 3. The number of alkyl halides is 3. The molecule has 0 atom stereocenters. The molecule has 0 aliphatic rings. The molecule has 3 aromatic carbocycles. The Morgan fingerprint density at radius 3 is 1.53 bits per heavy atom. The molecule has 13 nitrogen and oxygen atoms in total. The van der Waals surface area contributed by atoms with Crippen molar-refractivity contribution in [2.45, 2.75) is 45.2 Å². The number of isothiocyanates is 1. The average molecular weight is 1470 g/mol. The minimum Gasteiger partial charge on any atom is -0.753 e. The number of aryl methyl sites for hydroxylation is 1. The summed E-state index contributed by atoms with van der Waals surface area (Å²) in [5, 5.41) is 15.4. The van der Waals surface area contributed by atoms with E-state index in [4.69, 9.17) is 35.7 Å². The van der Waals surface area contributed by atoms with Crippen LogP contribution in [0.25, 0.3) is 87.3 Å². The van der Waals surface area contributed by atoms with Crippen LogP contribution in [0.1, 0.15) is 87.0 Å². The number of halogens is 6. The molecule has 8 rings (SSSR count). The summed E-state index contributed by atoms with van der Waals surface area (Å²) < 4.78 is 56.0. The standard InChI is InChI=1S/C42H26Br3N3O6.C21H23F3N3S.CNS.Ru/c43-33-7-1-4-30(21-33)40(52-24-49)18-27-10-12-46-36(14-27)38-16-29(20-42(54-26-51)32-6-3-9-35(45)23-32)17-39(48-38)37-15-28(11-13-47-37)19-41(53-25-50)31-5-2-8-34(44)22-31;1-2-3-4-5-6-16-9-10-17(28-16)8-7-15-11-12-27-19(13-15)18(25)14-20(26)21(22,23)24;2-1-3;/h1-26H;7-14,25-26H,2-6H2,1H3;;/q;2*-1;+2/b40-18+,41-19+,42-20+;8-7+,18-14-,26-20?;;. The largest absolute Gasteiger partial charge is 2.00 e. The first-order valence-corrected chi connectivity index (χ1v) is 29.2. The van der Waals surface area contributed by atoms with Crippen LogP contribution in [-0.2, 0) is 54.5 Å². The van der Waals surface area contributed by atoms with E-state index in [0.29, 0.717) is 98.9 Å². The molecule has 86 heavy (non-hydrogen) atoms. The summed E-state index contributed by atoms with van der Waals surface area (Å²) in [5.74, 6) is 0.986. The summed E-state index contributed by atoms with van der Waals surface area (Å²) in [6.45, 7) is 3.33. The summed E-state index contributed by atoms with van der Waals surface area (Å²) in [6.07, 6.45) is 15.4. The number of nitrogens with zero attached hydrogens (tertiary/aromatic N) is 5. The Bertz CT molecular complexity index is 3720. The van der Waals surface area contributed by atoms with Crippen LogP contribution in [0.3, 0.4) is 0 Å². The maximum absolute atomic E-state index is 12.4. The van der Waals surface area contributed by atoms with Crippen molar-refractivity contribution in [1.29, 1.82) is 5.41 Å². The number of nitrogens with one attached hydrogen (secondary N) is 2. The first kappa shape index (κ1) is 69.0. The number of pyridine rings is 4. The summed E-state index contributed by atoms with van der Waals surface area (Å²) >= 11 is 15.9. The van der Waals surface area contributed by atoms with Crippen molar-refractivity contribution in [2.24, 2.45) is 0 Å². The molecule has 5 heterocycles. The van der Waals surface area contributed by atoms with Gasteiger partial charge in [0.2, 0.25) is 0 Å². The molecule has 8 aromatic rings. The van der Waals surface area contributed by atoms with Gasteiger partial charge in [0.1, 0.15) is 23.0 Å². The molecule has 5 aromatic heterocycles. The van der Waals surface area contributed by atoms with Crippen LogP contribution >= 0.6 is 71.3 Å². The van der Waals surface area contributed by atoms with E-state index >= 15 is 0 Å². The number of thiocarbonyl (C=S) groups is 1. The molecule has 0 aliphatic heterocycles. The number of carbonyl (C=O) groups is 3. The molecule has 2 N–H and O–H groups in total. The Balaban J connectivity index is 0.000000355. The van der Waals surface area contributed by atoms with Crippen molar-refractivity contribution < 1.29 is 61.2 Å². The maximum Gasteiger partial charge on any atom is 2.00 e. The Kier molecular flexibility index (Phi) is 28.6. The summed E-state index contributed by atoms with van der Waals surface area (Å²) in [7, 11) is 0. The quantitative estimate of drug-likeness (QED) is 0.0121. The second-order valence-electron chi connectivity index (χ2n) is 17.8. The summed E-state index contributed by atoms with van der Waals surface area (Å²) in [6, 6.07) is 40.4. The summed E-state index contributed by atoms with van der Waals surface area (Å²) in [4.78, 5) is 55.1. The zero-order valence-corrected chi connectivity index (χ0v) is 53.4. The van der Waals surface area contributed by atoms with Crippen LogP contribution in [0, 0.1) is 5.41 Å². The van der Waals surface area contributed by atoms with Gasteiger partial charge < -0.3 is 25.4 Å². The van der Waals surface area contributed by atoms with Crippen molar-refractivity contribution in [2.75, 3.05) is 0 Å². The molecule has 0 fully saturated rings. The third-order valence-electron chi connectivity index (χ3n) is 11.7. The van der Waals surface area contributed by atoms with Crippen molar-refractivity contribution >= 4 is 155 Å². The number of hydrogen-bond acceptors (Lipinski definition) is 13. The van der Waals surface area contributed by atoms with Gasteiger partial charge in [-0.25, -0.2) is 4.98 Å². The van der Waals surface area contributed by atoms with E-state index < -0.39 is 17.6 Å². The van der Waals surface area contributed by atoms with Crippen LogP contribution < -0.4 is 0 Å². The van der Waals surface area contributed by atoms with Crippen molar-refractivity contribution in [3.8, 4) is 22.8 Å². The fourth-order valence-corrected chi connectivity index (χ4v) is 10.0. The predicted molar refractivity (Wildman–Crippen MR) is 346 cm³/mol. The molecule has 0 radical (unpaired) electrons. The van der Waals surface area contributed by atoms with Gasteiger partial charge in [-0.3, -0.25) is 34.7 Å². The van der Waals surface area contributed by atoms with Gasteiger partial charge >= 0.3 is 25.7 Å². The molecule has 438 valence electrons. The van der Waals surface area contributed by atoms with E-state index in [1.807, 2.05) is 109 Å². The number of rotatable bonds is 23. The zero-order chi connectivity index (χ0) is 61.1. The first-order chi connectivity index (χ1) is 41.0. The summed E-state index contributed by atoms with van der Waals surface area (Å²) in [5.41, 5.74) is 12.6. The Morgan fingerprint density at radius 2 is 1.08 bits per heavy atom.